The highest BCUT2D eigenvalue weighted by Crippen LogP contribution is 2.06. The summed E-state index contributed by atoms with van der Waals surface area (Å²) in [6.45, 7) is 8.67. The van der Waals surface area contributed by atoms with Gasteiger partial charge in [0.25, 0.3) is 0 Å². The Morgan fingerprint density at radius 2 is 2.27 bits per heavy atom. The van der Waals surface area contributed by atoms with Crippen molar-refractivity contribution in [3.8, 4) is 0 Å². The lowest BCUT2D eigenvalue weighted by Gasteiger charge is -2.15. The molecule has 15 heavy (non-hydrogen) atoms. The van der Waals surface area contributed by atoms with E-state index in [1.165, 1.54) is 19.3 Å². The summed E-state index contributed by atoms with van der Waals surface area (Å²) in [6.07, 6.45) is 7.81. The first-order valence-corrected chi connectivity index (χ1v) is 5.95. The molecule has 0 spiro atoms. The number of aryl methyl sites for hydroxylation is 1. The van der Waals surface area contributed by atoms with Gasteiger partial charge in [0, 0.05) is 25.0 Å². The van der Waals surface area contributed by atoms with Crippen LogP contribution in [-0.4, -0.2) is 22.6 Å². The van der Waals surface area contributed by atoms with E-state index in [0.717, 1.165) is 18.9 Å². The van der Waals surface area contributed by atoms with Gasteiger partial charge in [0.15, 0.2) is 0 Å². The Bertz CT molecular complexity index is 268. The summed E-state index contributed by atoms with van der Waals surface area (Å²) in [4.78, 5) is 4.23. The van der Waals surface area contributed by atoms with Crippen molar-refractivity contribution in [2.45, 2.75) is 46.1 Å². The van der Waals surface area contributed by atoms with Crippen LogP contribution in [0.1, 0.15) is 45.0 Å². The Hall–Kier alpha value is -0.830. The zero-order valence-electron chi connectivity index (χ0n) is 10.2. The van der Waals surface area contributed by atoms with Gasteiger partial charge in [-0.1, -0.05) is 19.8 Å². The average Bonchev–Trinajstić information content (AvgIpc) is 2.64. The molecule has 0 amide bonds. The molecule has 3 heteroatoms. The quantitative estimate of drug-likeness (QED) is 0.699. The van der Waals surface area contributed by atoms with Crippen LogP contribution < -0.4 is 5.32 Å². The van der Waals surface area contributed by atoms with Gasteiger partial charge in [-0.05, 0) is 26.8 Å². The third-order valence-electron chi connectivity index (χ3n) is 2.73. The molecule has 1 rings (SSSR count). The number of nitrogens with one attached hydrogen (secondary N) is 1. The van der Waals surface area contributed by atoms with Crippen LogP contribution in [0.15, 0.2) is 12.4 Å². The fourth-order valence-electron chi connectivity index (χ4n) is 1.76. The molecule has 1 heterocycles. The van der Waals surface area contributed by atoms with E-state index in [-0.39, 0.29) is 0 Å². The van der Waals surface area contributed by atoms with E-state index in [1.807, 2.05) is 19.3 Å². The highest BCUT2D eigenvalue weighted by molar-refractivity contribution is 4.91. The molecule has 1 N–H and O–H groups in total. The van der Waals surface area contributed by atoms with Gasteiger partial charge < -0.3 is 9.88 Å². The van der Waals surface area contributed by atoms with Crippen LogP contribution in [0.3, 0.4) is 0 Å². The molecular formula is C12H23N3. The molecule has 1 unspecified atom stereocenters. The topological polar surface area (TPSA) is 29.9 Å². The molecule has 0 fully saturated rings. The maximum Gasteiger partial charge on any atom is 0.105 e. The number of hydrogen-bond donors (Lipinski definition) is 1. The lowest BCUT2D eigenvalue weighted by molar-refractivity contribution is 0.478. The van der Waals surface area contributed by atoms with Crippen LogP contribution >= 0.6 is 0 Å². The van der Waals surface area contributed by atoms with Gasteiger partial charge >= 0.3 is 0 Å². The molecule has 0 aliphatic rings. The zero-order chi connectivity index (χ0) is 11.1. The Morgan fingerprint density at radius 1 is 1.47 bits per heavy atom. The van der Waals surface area contributed by atoms with Gasteiger partial charge in [-0.15, -0.1) is 0 Å². The Morgan fingerprint density at radius 3 is 2.87 bits per heavy atom. The number of hydrogen-bond acceptors (Lipinski definition) is 2. The van der Waals surface area contributed by atoms with E-state index in [4.69, 9.17) is 0 Å². The summed E-state index contributed by atoms with van der Waals surface area (Å²) < 4.78 is 2.22. The van der Waals surface area contributed by atoms with E-state index >= 15 is 0 Å². The van der Waals surface area contributed by atoms with Crippen molar-refractivity contribution in [2.75, 3.05) is 13.1 Å². The first-order valence-electron chi connectivity index (χ1n) is 5.95. The van der Waals surface area contributed by atoms with Crippen LogP contribution in [0.2, 0.25) is 0 Å². The van der Waals surface area contributed by atoms with Crippen molar-refractivity contribution in [3.05, 3.63) is 18.2 Å². The number of unbranched alkanes of at least 4 members (excludes halogenated alkanes) is 2. The fourth-order valence-corrected chi connectivity index (χ4v) is 1.76. The van der Waals surface area contributed by atoms with Crippen LogP contribution in [0.4, 0.5) is 0 Å². The molecule has 86 valence electrons. The van der Waals surface area contributed by atoms with E-state index < -0.39 is 0 Å². The molecule has 1 atom stereocenters. The molecule has 0 saturated heterocycles. The second-order valence-electron chi connectivity index (χ2n) is 4.14. The second kappa shape index (κ2) is 6.62. The van der Waals surface area contributed by atoms with Crippen molar-refractivity contribution in [1.82, 2.24) is 14.9 Å². The molecule has 0 aromatic carbocycles. The summed E-state index contributed by atoms with van der Waals surface area (Å²) in [5, 5.41) is 3.49. The Balaban J connectivity index is 2.19. The van der Waals surface area contributed by atoms with Crippen molar-refractivity contribution in [3.63, 3.8) is 0 Å². The molecule has 1 aromatic rings. The van der Waals surface area contributed by atoms with E-state index in [0.29, 0.717) is 6.04 Å². The molecule has 1 aromatic heterocycles. The van der Waals surface area contributed by atoms with Gasteiger partial charge in [-0.3, -0.25) is 0 Å². The number of rotatable bonds is 7. The van der Waals surface area contributed by atoms with Crippen LogP contribution in [-0.2, 0) is 0 Å². The van der Waals surface area contributed by atoms with Crippen molar-refractivity contribution in [1.29, 1.82) is 0 Å². The SMILES string of the molecule is CCCCCNCC(C)n1ccnc1C. The standard InChI is InChI=1S/C12H23N3/c1-4-5-6-7-13-10-11(2)15-9-8-14-12(15)3/h8-9,11,13H,4-7,10H2,1-3H3. The van der Waals surface area contributed by atoms with Crippen molar-refractivity contribution in [2.24, 2.45) is 0 Å². The highest BCUT2D eigenvalue weighted by atomic mass is 15.1. The van der Waals surface area contributed by atoms with Crippen LogP contribution in [0, 0.1) is 6.92 Å². The molecule has 0 radical (unpaired) electrons. The van der Waals surface area contributed by atoms with Crippen molar-refractivity contribution >= 4 is 0 Å². The van der Waals surface area contributed by atoms with Crippen LogP contribution in [0.5, 0.6) is 0 Å². The largest absolute Gasteiger partial charge is 0.331 e. The van der Waals surface area contributed by atoms with E-state index in [9.17, 15) is 0 Å². The van der Waals surface area contributed by atoms with Crippen LogP contribution in [0.25, 0.3) is 0 Å². The highest BCUT2D eigenvalue weighted by Gasteiger charge is 2.05. The smallest absolute Gasteiger partial charge is 0.105 e. The second-order valence-corrected chi connectivity index (χ2v) is 4.14. The third-order valence-corrected chi connectivity index (χ3v) is 2.73. The lowest BCUT2D eigenvalue weighted by Crippen LogP contribution is -2.24. The molecule has 0 aliphatic heterocycles. The van der Waals surface area contributed by atoms with E-state index in [1.54, 1.807) is 0 Å². The van der Waals surface area contributed by atoms with Crippen molar-refractivity contribution < 1.29 is 0 Å². The van der Waals surface area contributed by atoms with E-state index in [2.05, 4.69) is 28.7 Å². The zero-order valence-corrected chi connectivity index (χ0v) is 10.2. The molecule has 0 bridgehead atoms. The van der Waals surface area contributed by atoms with Gasteiger partial charge in [-0.25, -0.2) is 4.98 Å². The predicted octanol–water partition coefficient (Wildman–Crippen LogP) is 2.53. The minimum atomic E-state index is 0.495. The molecular weight excluding hydrogens is 186 g/mol. The molecule has 3 nitrogen and oxygen atoms in total. The summed E-state index contributed by atoms with van der Waals surface area (Å²) in [5.74, 6) is 1.10. The Kier molecular flexibility index (Phi) is 5.40. The third kappa shape index (κ3) is 4.04. The first-order chi connectivity index (χ1) is 7.25. The number of nitrogens with zero attached hydrogens (tertiary/aromatic N) is 2. The summed E-state index contributed by atoms with van der Waals surface area (Å²) >= 11 is 0. The molecule has 0 saturated carbocycles. The summed E-state index contributed by atoms with van der Waals surface area (Å²) in [7, 11) is 0. The van der Waals surface area contributed by atoms with Gasteiger partial charge in [0.2, 0.25) is 0 Å². The number of imidazole rings is 1. The lowest BCUT2D eigenvalue weighted by atomic mass is 10.2. The monoisotopic (exact) mass is 209 g/mol. The molecule has 0 aliphatic carbocycles. The van der Waals surface area contributed by atoms with Gasteiger partial charge in [-0.2, -0.15) is 0 Å². The maximum atomic E-state index is 4.23. The first kappa shape index (κ1) is 12.2. The maximum absolute atomic E-state index is 4.23. The predicted molar refractivity (Wildman–Crippen MR) is 64.1 cm³/mol. The summed E-state index contributed by atoms with van der Waals surface area (Å²) in [6, 6.07) is 0.495. The summed E-state index contributed by atoms with van der Waals surface area (Å²) in [5.41, 5.74) is 0. The average molecular weight is 209 g/mol. The number of aromatic nitrogens is 2. The Labute approximate surface area is 92.9 Å². The van der Waals surface area contributed by atoms with Gasteiger partial charge in [0.1, 0.15) is 5.82 Å². The van der Waals surface area contributed by atoms with Gasteiger partial charge in [0.05, 0.1) is 0 Å². The normalized spacial score (nSPS) is 13.0. The minimum absolute atomic E-state index is 0.495. The minimum Gasteiger partial charge on any atom is -0.331 e. The fraction of sp³-hybridized carbons (Fsp3) is 0.750.